The molecule has 2 heterocycles. The molecule has 0 bridgehead atoms. The van der Waals surface area contributed by atoms with Crippen LogP contribution in [-0.4, -0.2) is 36.8 Å². The molecule has 110 valence electrons. The van der Waals surface area contributed by atoms with E-state index in [0.717, 1.165) is 18.7 Å². The maximum Gasteiger partial charge on any atom is 0.391 e. The summed E-state index contributed by atoms with van der Waals surface area (Å²) >= 11 is 0. The number of likely N-dealkylation sites (tertiary alicyclic amines) is 1. The van der Waals surface area contributed by atoms with E-state index < -0.39 is 12.1 Å². The molecule has 1 unspecified atom stereocenters. The first kappa shape index (κ1) is 13.7. The van der Waals surface area contributed by atoms with Crippen LogP contribution in [0.25, 0.3) is 0 Å². The summed E-state index contributed by atoms with van der Waals surface area (Å²) in [5, 5.41) is 3.39. The van der Waals surface area contributed by atoms with Gasteiger partial charge in [0.1, 0.15) is 0 Å². The predicted octanol–water partition coefficient (Wildman–Crippen LogP) is 3.30. The minimum atomic E-state index is -4.02. The van der Waals surface area contributed by atoms with Gasteiger partial charge in [-0.1, -0.05) is 18.2 Å². The smallest absolute Gasteiger partial charge is 0.383 e. The van der Waals surface area contributed by atoms with E-state index in [9.17, 15) is 13.2 Å². The fourth-order valence-electron chi connectivity index (χ4n) is 3.27. The maximum absolute atomic E-state index is 12.7. The molecule has 1 aromatic carbocycles. The van der Waals surface area contributed by atoms with E-state index in [1.54, 1.807) is 0 Å². The zero-order chi connectivity index (χ0) is 14.2. The van der Waals surface area contributed by atoms with E-state index in [2.05, 4.69) is 22.3 Å². The van der Waals surface area contributed by atoms with Crippen molar-refractivity contribution in [3.05, 3.63) is 29.8 Å². The molecule has 0 saturated carbocycles. The molecule has 0 amide bonds. The van der Waals surface area contributed by atoms with Crippen LogP contribution in [0.1, 0.15) is 18.4 Å². The zero-order valence-electron chi connectivity index (χ0n) is 11.3. The third-order valence-corrected chi connectivity index (χ3v) is 4.51. The number of nitrogens with one attached hydrogen (secondary N) is 1. The molecule has 5 heteroatoms. The van der Waals surface area contributed by atoms with Gasteiger partial charge in [-0.2, -0.15) is 13.2 Å². The highest BCUT2D eigenvalue weighted by molar-refractivity contribution is 5.53. The van der Waals surface area contributed by atoms with Crippen molar-refractivity contribution in [2.24, 2.45) is 5.92 Å². The van der Waals surface area contributed by atoms with Gasteiger partial charge in [0.2, 0.25) is 0 Å². The Morgan fingerprint density at radius 1 is 1.10 bits per heavy atom. The standard InChI is InChI=1S/C15H19F3N2/c16-15(17,18)12-5-7-20(8-6-12)13-9-11-3-1-2-4-14(11)19-10-13/h1-4,12-13,19H,5-10H2. The minimum Gasteiger partial charge on any atom is -0.383 e. The summed E-state index contributed by atoms with van der Waals surface area (Å²) in [5.41, 5.74) is 2.43. The molecule has 1 atom stereocenters. The summed E-state index contributed by atoms with van der Waals surface area (Å²) in [6.07, 6.45) is -2.62. The third-order valence-electron chi connectivity index (χ3n) is 4.51. The first-order valence-corrected chi connectivity index (χ1v) is 7.16. The van der Waals surface area contributed by atoms with E-state index in [-0.39, 0.29) is 12.8 Å². The Morgan fingerprint density at radius 3 is 2.50 bits per heavy atom. The van der Waals surface area contributed by atoms with Gasteiger partial charge in [0.05, 0.1) is 5.92 Å². The van der Waals surface area contributed by atoms with E-state index >= 15 is 0 Å². The summed E-state index contributed by atoms with van der Waals surface area (Å²) in [6, 6.07) is 8.48. The number of fused-ring (bicyclic) bond motifs is 1. The Morgan fingerprint density at radius 2 is 1.80 bits per heavy atom. The number of para-hydroxylation sites is 1. The number of nitrogens with zero attached hydrogens (tertiary/aromatic N) is 1. The minimum absolute atomic E-state index is 0.238. The molecule has 2 nitrogen and oxygen atoms in total. The van der Waals surface area contributed by atoms with Crippen LogP contribution in [0.4, 0.5) is 18.9 Å². The first-order chi connectivity index (χ1) is 9.54. The maximum atomic E-state index is 12.7. The van der Waals surface area contributed by atoms with Crippen molar-refractivity contribution in [2.45, 2.75) is 31.5 Å². The van der Waals surface area contributed by atoms with Crippen LogP contribution >= 0.6 is 0 Å². The van der Waals surface area contributed by atoms with Crippen LogP contribution in [0.2, 0.25) is 0 Å². The number of anilines is 1. The average molecular weight is 284 g/mol. The van der Waals surface area contributed by atoms with Gasteiger partial charge >= 0.3 is 6.18 Å². The molecule has 1 saturated heterocycles. The molecule has 2 aliphatic heterocycles. The third kappa shape index (κ3) is 2.77. The van der Waals surface area contributed by atoms with Crippen LogP contribution in [0.3, 0.4) is 0 Å². The Balaban J connectivity index is 1.60. The second kappa shape index (κ2) is 5.28. The number of benzene rings is 1. The molecule has 0 radical (unpaired) electrons. The van der Waals surface area contributed by atoms with Crippen molar-refractivity contribution < 1.29 is 13.2 Å². The van der Waals surface area contributed by atoms with E-state index in [1.807, 2.05) is 12.1 Å². The number of hydrogen-bond acceptors (Lipinski definition) is 2. The lowest BCUT2D eigenvalue weighted by Gasteiger charge is -2.40. The molecule has 20 heavy (non-hydrogen) atoms. The van der Waals surface area contributed by atoms with Crippen LogP contribution in [-0.2, 0) is 6.42 Å². The van der Waals surface area contributed by atoms with Gasteiger partial charge in [-0.05, 0) is 44.0 Å². The van der Waals surface area contributed by atoms with E-state index in [4.69, 9.17) is 0 Å². The van der Waals surface area contributed by atoms with Crippen LogP contribution in [0.5, 0.6) is 0 Å². The molecule has 1 aromatic rings. The lowest BCUT2D eigenvalue weighted by atomic mass is 9.92. The van der Waals surface area contributed by atoms with Crippen LogP contribution in [0, 0.1) is 5.92 Å². The number of halogens is 3. The molecule has 0 spiro atoms. The van der Waals surface area contributed by atoms with Gasteiger partial charge in [0.15, 0.2) is 0 Å². The lowest BCUT2D eigenvalue weighted by Crippen LogP contribution is -2.49. The van der Waals surface area contributed by atoms with Crippen molar-refractivity contribution in [3.8, 4) is 0 Å². The highest BCUT2D eigenvalue weighted by Crippen LogP contribution is 2.35. The second-order valence-corrected chi connectivity index (χ2v) is 5.75. The SMILES string of the molecule is FC(F)(F)C1CCN(C2CNc3ccccc3C2)CC1. The molecule has 0 aliphatic carbocycles. The molecule has 2 aliphatic rings. The number of hydrogen-bond donors (Lipinski definition) is 1. The first-order valence-electron chi connectivity index (χ1n) is 7.16. The average Bonchev–Trinajstić information content (AvgIpc) is 2.46. The van der Waals surface area contributed by atoms with Crippen molar-refractivity contribution in [1.29, 1.82) is 0 Å². The fourth-order valence-corrected chi connectivity index (χ4v) is 3.27. The normalized spacial score (nSPS) is 25.1. The molecule has 1 fully saturated rings. The highest BCUT2D eigenvalue weighted by Gasteiger charge is 2.42. The largest absolute Gasteiger partial charge is 0.391 e. The van der Waals surface area contributed by atoms with Gasteiger partial charge < -0.3 is 5.32 Å². The molecule has 0 aromatic heterocycles. The fraction of sp³-hybridized carbons (Fsp3) is 0.600. The van der Waals surface area contributed by atoms with Gasteiger partial charge in [0, 0.05) is 18.3 Å². The van der Waals surface area contributed by atoms with Gasteiger partial charge in [-0.15, -0.1) is 0 Å². The van der Waals surface area contributed by atoms with E-state index in [1.165, 1.54) is 5.56 Å². The molecule has 1 N–H and O–H groups in total. The zero-order valence-corrected chi connectivity index (χ0v) is 11.3. The van der Waals surface area contributed by atoms with Crippen molar-refractivity contribution in [3.63, 3.8) is 0 Å². The summed E-state index contributed by atoms with van der Waals surface area (Å²) in [6.45, 7) is 1.94. The van der Waals surface area contributed by atoms with E-state index in [0.29, 0.717) is 19.1 Å². The van der Waals surface area contributed by atoms with Gasteiger partial charge in [-0.25, -0.2) is 0 Å². The van der Waals surface area contributed by atoms with Crippen molar-refractivity contribution >= 4 is 5.69 Å². The Kier molecular flexibility index (Phi) is 3.63. The quantitative estimate of drug-likeness (QED) is 0.851. The molecular weight excluding hydrogens is 265 g/mol. The Labute approximate surface area is 117 Å². The Hall–Kier alpha value is -1.23. The second-order valence-electron chi connectivity index (χ2n) is 5.75. The van der Waals surface area contributed by atoms with Gasteiger partial charge in [0.25, 0.3) is 0 Å². The summed E-state index contributed by atoms with van der Waals surface area (Å²) in [7, 11) is 0. The summed E-state index contributed by atoms with van der Waals surface area (Å²) < 4.78 is 38.0. The van der Waals surface area contributed by atoms with Crippen molar-refractivity contribution in [1.82, 2.24) is 4.90 Å². The number of piperidine rings is 1. The topological polar surface area (TPSA) is 15.3 Å². The Bertz CT molecular complexity index is 464. The molecular formula is C15H19F3N2. The van der Waals surface area contributed by atoms with Gasteiger partial charge in [-0.3, -0.25) is 4.90 Å². The monoisotopic (exact) mass is 284 g/mol. The lowest BCUT2D eigenvalue weighted by molar-refractivity contribution is -0.186. The van der Waals surface area contributed by atoms with Crippen LogP contribution in [0.15, 0.2) is 24.3 Å². The predicted molar refractivity (Wildman–Crippen MR) is 72.8 cm³/mol. The summed E-state index contributed by atoms with van der Waals surface area (Å²) in [4.78, 5) is 2.21. The summed E-state index contributed by atoms with van der Waals surface area (Å²) in [5.74, 6) is -1.11. The van der Waals surface area contributed by atoms with Crippen LogP contribution < -0.4 is 5.32 Å². The highest BCUT2D eigenvalue weighted by atomic mass is 19.4. The number of rotatable bonds is 1. The molecule has 3 rings (SSSR count). The van der Waals surface area contributed by atoms with Crippen molar-refractivity contribution in [2.75, 3.05) is 25.0 Å². The number of alkyl halides is 3.